The van der Waals surface area contributed by atoms with Crippen molar-refractivity contribution < 1.29 is 8.76 Å². The lowest BCUT2D eigenvalue weighted by Crippen LogP contribution is -1.76. The van der Waals surface area contributed by atoms with Crippen molar-refractivity contribution in [2.24, 2.45) is 0 Å². The number of hydrogen-bond acceptors (Lipinski definition) is 2. The first-order valence-corrected chi connectivity index (χ1v) is 4.24. The molecule has 1 aromatic carbocycles. The maximum Gasteiger partial charge on any atom is -0.0109 e. The molecule has 0 aromatic heterocycles. The van der Waals surface area contributed by atoms with Crippen molar-refractivity contribution in [2.75, 3.05) is 0 Å². The van der Waals surface area contributed by atoms with Gasteiger partial charge in [0.15, 0.2) is 0 Å². The van der Waals surface area contributed by atoms with Gasteiger partial charge in [-0.3, -0.25) is 4.21 Å². The van der Waals surface area contributed by atoms with Crippen LogP contribution in [-0.4, -0.2) is 8.76 Å². The standard InChI is InChI=1S/C8H8O2S.H3N/c9-11(10)7-6-8-4-2-1-3-5-8;/h1-7H,(H,9,10);1H3. The van der Waals surface area contributed by atoms with Gasteiger partial charge in [0.2, 0.25) is 0 Å². The van der Waals surface area contributed by atoms with Gasteiger partial charge in [-0.25, -0.2) is 0 Å². The molecule has 0 saturated carbocycles. The lowest BCUT2D eigenvalue weighted by Gasteiger charge is -1.94. The van der Waals surface area contributed by atoms with Crippen LogP contribution in [0.25, 0.3) is 6.08 Å². The SMILES string of the molecule is O=S([O-])C=Cc1ccccc1.[NH4+]. The molecule has 0 aliphatic heterocycles. The number of benzene rings is 1. The molecule has 0 fully saturated rings. The van der Waals surface area contributed by atoms with Gasteiger partial charge in [0.1, 0.15) is 0 Å². The van der Waals surface area contributed by atoms with E-state index in [2.05, 4.69) is 0 Å². The molecule has 1 unspecified atom stereocenters. The molecule has 0 spiro atoms. The van der Waals surface area contributed by atoms with Crippen molar-refractivity contribution in [1.29, 1.82) is 0 Å². The lowest BCUT2D eigenvalue weighted by atomic mass is 10.2. The quantitative estimate of drug-likeness (QED) is 0.714. The number of rotatable bonds is 2. The molecule has 0 saturated heterocycles. The minimum absolute atomic E-state index is 0. The highest BCUT2D eigenvalue weighted by Gasteiger charge is 1.80. The molecular formula is C8H11NO2S. The van der Waals surface area contributed by atoms with Gasteiger partial charge in [0.25, 0.3) is 0 Å². The molecule has 12 heavy (non-hydrogen) atoms. The first-order chi connectivity index (χ1) is 5.29. The highest BCUT2D eigenvalue weighted by Crippen LogP contribution is 2.00. The Kier molecular flexibility index (Phi) is 5.19. The molecule has 0 aliphatic carbocycles. The Bertz CT molecular complexity index is 272. The second-order valence-electron chi connectivity index (χ2n) is 1.97. The summed E-state index contributed by atoms with van der Waals surface area (Å²) in [5.41, 5.74) is 0.886. The van der Waals surface area contributed by atoms with E-state index in [-0.39, 0.29) is 6.15 Å². The average Bonchev–Trinajstić information content (AvgIpc) is 2.03. The van der Waals surface area contributed by atoms with Crippen molar-refractivity contribution >= 4 is 17.2 Å². The van der Waals surface area contributed by atoms with Crippen LogP contribution in [0.1, 0.15) is 5.56 Å². The Balaban J connectivity index is 0.00000121. The van der Waals surface area contributed by atoms with Crippen LogP contribution in [0.15, 0.2) is 35.7 Å². The van der Waals surface area contributed by atoms with Gasteiger partial charge < -0.3 is 10.7 Å². The van der Waals surface area contributed by atoms with E-state index in [1.807, 2.05) is 30.3 Å². The highest BCUT2D eigenvalue weighted by molar-refractivity contribution is 7.82. The van der Waals surface area contributed by atoms with E-state index >= 15 is 0 Å². The maximum atomic E-state index is 10.1. The van der Waals surface area contributed by atoms with Crippen LogP contribution < -0.4 is 6.15 Å². The first-order valence-electron chi connectivity index (χ1n) is 3.10. The Hall–Kier alpha value is -0.970. The molecule has 0 heterocycles. The zero-order valence-electron chi connectivity index (χ0n) is 6.77. The van der Waals surface area contributed by atoms with Crippen LogP contribution in [0.4, 0.5) is 0 Å². The highest BCUT2D eigenvalue weighted by atomic mass is 32.2. The molecule has 0 radical (unpaired) electrons. The van der Waals surface area contributed by atoms with Gasteiger partial charge in [-0.15, -0.1) is 0 Å². The lowest BCUT2D eigenvalue weighted by molar-refractivity contribution is 0.546. The molecule has 4 N–H and O–H groups in total. The van der Waals surface area contributed by atoms with Crippen LogP contribution in [0.2, 0.25) is 0 Å². The summed E-state index contributed by atoms with van der Waals surface area (Å²) in [5.74, 6) is 0. The zero-order valence-corrected chi connectivity index (χ0v) is 7.58. The molecule has 1 atom stereocenters. The van der Waals surface area contributed by atoms with Gasteiger partial charge in [-0.05, 0) is 28.1 Å². The molecular weight excluding hydrogens is 174 g/mol. The summed E-state index contributed by atoms with van der Waals surface area (Å²) in [6, 6.07) is 9.26. The molecule has 0 bridgehead atoms. The van der Waals surface area contributed by atoms with Crippen LogP contribution in [0.3, 0.4) is 0 Å². The summed E-state index contributed by atoms with van der Waals surface area (Å²) in [5, 5.41) is 1.12. The Morgan fingerprint density at radius 3 is 2.33 bits per heavy atom. The van der Waals surface area contributed by atoms with Crippen molar-refractivity contribution in [3.05, 3.63) is 41.3 Å². The Morgan fingerprint density at radius 1 is 1.25 bits per heavy atom. The summed E-state index contributed by atoms with van der Waals surface area (Å²) in [4.78, 5) is 0. The molecule has 1 rings (SSSR count). The second kappa shape index (κ2) is 5.65. The van der Waals surface area contributed by atoms with E-state index in [0.29, 0.717) is 0 Å². The average molecular weight is 185 g/mol. The molecule has 3 nitrogen and oxygen atoms in total. The first kappa shape index (κ1) is 11.0. The Labute approximate surface area is 74.0 Å². The third kappa shape index (κ3) is 4.02. The predicted molar refractivity (Wildman–Crippen MR) is 50.4 cm³/mol. The predicted octanol–water partition coefficient (Wildman–Crippen LogP) is 1.91. The van der Waals surface area contributed by atoms with Gasteiger partial charge in [0.05, 0.1) is 0 Å². The Morgan fingerprint density at radius 2 is 1.83 bits per heavy atom. The van der Waals surface area contributed by atoms with E-state index in [0.717, 1.165) is 11.0 Å². The van der Waals surface area contributed by atoms with Gasteiger partial charge in [0, 0.05) is 0 Å². The zero-order chi connectivity index (χ0) is 8.10. The normalized spacial score (nSPS) is 12.4. The molecule has 4 heteroatoms. The van der Waals surface area contributed by atoms with E-state index in [1.165, 1.54) is 0 Å². The van der Waals surface area contributed by atoms with Crippen LogP contribution in [0, 0.1) is 0 Å². The van der Waals surface area contributed by atoms with Gasteiger partial charge >= 0.3 is 0 Å². The summed E-state index contributed by atoms with van der Waals surface area (Å²) in [7, 11) is 0. The maximum absolute atomic E-state index is 10.1. The van der Waals surface area contributed by atoms with Gasteiger partial charge in [-0.1, -0.05) is 30.3 Å². The minimum atomic E-state index is -2.10. The molecule has 66 valence electrons. The molecule has 1 aromatic rings. The molecule has 0 aliphatic rings. The number of hydrogen-bond donors (Lipinski definition) is 1. The van der Waals surface area contributed by atoms with Crippen LogP contribution in [0.5, 0.6) is 0 Å². The fourth-order valence-corrected chi connectivity index (χ4v) is 0.967. The largest absolute Gasteiger partial charge is 0.769 e. The topological polar surface area (TPSA) is 76.6 Å². The van der Waals surface area contributed by atoms with Crippen molar-refractivity contribution in [3.63, 3.8) is 0 Å². The summed E-state index contributed by atoms with van der Waals surface area (Å²) < 4.78 is 20.2. The fourth-order valence-electron chi connectivity index (χ4n) is 0.698. The third-order valence-electron chi connectivity index (χ3n) is 1.17. The van der Waals surface area contributed by atoms with Crippen molar-refractivity contribution in [3.8, 4) is 0 Å². The van der Waals surface area contributed by atoms with E-state index < -0.39 is 11.1 Å². The van der Waals surface area contributed by atoms with Gasteiger partial charge in [-0.2, -0.15) is 0 Å². The smallest absolute Gasteiger partial charge is 0.0109 e. The summed E-state index contributed by atoms with van der Waals surface area (Å²) >= 11 is -2.10. The van der Waals surface area contributed by atoms with Crippen LogP contribution in [-0.2, 0) is 11.1 Å². The fraction of sp³-hybridized carbons (Fsp3) is 0. The second-order valence-corrected chi connectivity index (χ2v) is 2.77. The molecule has 0 amide bonds. The monoisotopic (exact) mass is 185 g/mol. The third-order valence-corrected chi connectivity index (χ3v) is 1.53. The summed E-state index contributed by atoms with van der Waals surface area (Å²) in [6.45, 7) is 0. The van der Waals surface area contributed by atoms with E-state index in [9.17, 15) is 8.76 Å². The van der Waals surface area contributed by atoms with Crippen LogP contribution >= 0.6 is 0 Å². The van der Waals surface area contributed by atoms with Crippen molar-refractivity contribution in [1.82, 2.24) is 6.15 Å². The number of quaternary nitrogens is 1. The minimum Gasteiger partial charge on any atom is -0.769 e. The van der Waals surface area contributed by atoms with E-state index in [4.69, 9.17) is 0 Å². The summed E-state index contributed by atoms with van der Waals surface area (Å²) in [6.07, 6.45) is 1.54. The van der Waals surface area contributed by atoms with Crippen molar-refractivity contribution in [2.45, 2.75) is 0 Å². The van der Waals surface area contributed by atoms with E-state index in [1.54, 1.807) is 6.08 Å².